The summed E-state index contributed by atoms with van der Waals surface area (Å²) in [7, 11) is 1.21. The summed E-state index contributed by atoms with van der Waals surface area (Å²) in [4.78, 5) is 11.4. The van der Waals surface area contributed by atoms with E-state index in [0.29, 0.717) is 6.42 Å². The van der Waals surface area contributed by atoms with E-state index >= 15 is 0 Å². The number of aliphatic hydroxyl groups excluding tert-OH is 1. The molecule has 0 saturated heterocycles. The molecule has 0 aliphatic carbocycles. The third-order valence-corrected chi connectivity index (χ3v) is 2.61. The van der Waals surface area contributed by atoms with Crippen LogP contribution >= 0.6 is 0 Å². The highest BCUT2D eigenvalue weighted by atomic mass is 16.6. The number of methoxy groups -OCH3 is 1. The van der Waals surface area contributed by atoms with Crippen molar-refractivity contribution in [3.63, 3.8) is 0 Å². The molecular weight excluding hydrogens is 272 g/mol. The lowest BCUT2D eigenvalue weighted by molar-refractivity contribution is -0.221. The molecule has 0 heterocycles. The van der Waals surface area contributed by atoms with Crippen molar-refractivity contribution in [3.8, 4) is 0 Å². The minimum absolute atomic E-state index is 0.0966. The third kappa shape index (κ3) is 9.39. The standard InChI is InChI=1S/C14H24O5.C2H6/c1-7-9(2)8-11(19-14(4,5)17)12(15)10(3)13(16)18-6;1-2/h7,11-12,15,17H,3,8H2,1-2,4-6H3;1-2H3/b9-7-;. The van der Waals surface area contributed by atoms with Gasteiger partial charge in [0.25, 0.3) is 0 Å². The zero-order valence-electron chi connectivity index (χ0n) is 14.3. The Morgan fingerprint density at radius 3 is 2.19 bits per heavy atom. The van der Waals surface area contributed by atoms with E-state index in [-0.39, 0.29) is 5.57 Å². The minimum Gasteiger partial charge on any atom is -0.466 e. The molecule has 2 N–H and O–H groups in total. The summed E-state index contributed by atoms with van der Waals surface area (Å²) >= 11 is 0. The fourth-order valence-electron chi connectivity index (χ4n) is 1.50. The van der Waals surface area contributed by atoms with Gasteiger partial charge in [-0.15, -0.1) is 0 Å². The van der Waals surface area contributed by atoms with E-state index < -0.39 is 24.0 Å². The first-order valence-corrected chi connectivity index (χ1v) is 7.09. The minimum atomic E-state index is -1.42. The molecule has 0 bridgehead atoms. The lowest BCUT2D eigenvalue weighted by atomic mass is 9.99. The van der Waals surface area contributed by atoms with Gasteiger partial charge in [-0.25, -0.2) is 4.79 Å². The lowest BCUT2D eigenvalue weighted by Crippen LogP contribution is -2.40. The molecule has 0 radical (unpaired) electrons. The van der Waals surface area contributed by atoms with Crippen molar-refractivity contribution in [2.75, 3.05) is 7.11 Å². The van der Waals surface area contributed by atoms with Crippen LogP contribution in [-0.4, -0.2) is 41.3 Å². The average Bonchev–Trinajstić information content (AvgIpc) is 2.44. The van der Waals surface area contributed by atoms with Crippen LogP contribution in [0.4, 0.5) is 0 Å². The van der Waals surface area contributed by atoms with Crippen LogP contribution in [0, 0.1) is 0 Å². The third-order valence-electron chi connectivity index (χ3n) is 2.61. The van der Waals surface area contributed by atoms with E-state index in [0.717, 1.165) is 5.57 Å². The van der Waals surface area contributed by atoms with Gasteiger partial charge in [0.2, 0.25) is 0 Å². The highest BCUT2D eigenvalue weighted by molar-refractivity contribution is 5.88. The maximum absolute atomic E-state index is 11.4. The highest BCUT2D eigenvalue weighted by Gasteiger charge is 2.31. The molecule has 0 aromatic heterocycles. The number of carbonyl (C=O) groups is 1. The molecule has 124 valence electrons. The number of aliphatic hydroxyl groups is 2. The van der Waals surface area contributed by atoms with Gasteiger partial charge >= 0.3 is 5.97 Å². The van der Waals surface area contributed by atoms with E-state index in [1.54, 1.807) is 0 Å². The fraction of sp³-hybridized carbons (Fsp3) is 0.688. The summed E-state index contributed by atoms with van der Waals surface area (Å²) < 4.78 is 9.90. The SMILES string of the molecule is C=C(C(=O)OC)C(O)C(C/C(C)=C\C)OC(C)(C)O.CC. The van der Waals surface area contributed by atoms with Gasteiger partial charge < -0.3 is 19.7 Å². The van der Waals surface area contributed by atoms with E-state index in [1.165, 1.54) is 21.0 Å². The molecule has 21 heavy (non-hydrogen) atoms. The normalized spacial score (nSPS) is 14.6. The first-order valence-electron chi connectivity index (χ1n) is 7.09. The molecule has 2 unspecified atom stereocenters. The summed E-state index contributed by atoms with van der Waals surface area (Å²) in [6.07, 6.45) is 0.225. The molecule has 0 amide bonds. The molecule has 0 aromatic carbocycles. The molecule has 0 aliphatic heterocycles. The molecule has 5 nitrogen and oxygen atoms in total. The molecule has 0 spiro atoms. The van der Waals surface area contributed by atoms with E-state index in [9.17, 15) is 15.0 Å². The Hall–Kier alpha value is -1.17. The molecule has 0 aromatic rings. The topological polar surface area (TPSA) is 76.0 Å². The summed E-state index contributed by atoms with van der Waals surface area (Å²) in [6, 6.07) is 0. The molecule has 0 fully saturated rings. The van der Waals surface area contributed by atoms with Crippen LogP contribution < -0.4 is 0 Å². The molecule has 5 heteroatoms. The first-order chi connectivity index (χ1) is 9.62. The van der Waals surface area contributed by atoms with Crippen LogP contribution in [0.5, 0.6) is 0 Å². The van der Waals surface area contributed by atoms with Gasteiger partial charge in [0.1, 0.15) is 6.10 Å². The van der Waals surface area contributed by atoms with Gasteiger partial charge in [0, 0.05) is 0 Å². The average molecular weight is 302 g/mol. The molecule has 0 saturated carbocycles. The largest absolute Gasteiger partial charge is 0.466 e. The van der Waals surface area contributed by atoms with Crippen LogP contribution in [0.3, 0.4) is 0 Å². The molecule has 0 aliphatic rings. The Kier molecular flexibility index (Phi) is 11.1. The number of hydrogen-bond donors (Lipinski definition) is 2. The molecule has 2 atom stereocenters. The summed E-state index contributed by atoms with van der Waals surface area (Å²) in [5.41, 5.74) is 0.867. The van der Waals surface area contributed by atoms with Crippen molar-refractivity contribution in [1.82, 2.24) is 0 Å². The van der Waals surface area contributed by atoms with Crippen molar-refractivity contribution in [2.45, 2.75) is 66.0 Å². The van der Waals surface area contributed by atoms with Crippen molar-refractivity contribution >= 4 is 5.97 Å². The maximum atomic E-state index is 11.4. The van der Waals surface area contributed by atoms with E-state index in [4.69, 9.17) is 4.74 Å². The Balaban J connectivity index is 0. The Labute approximate surface area is 128 Å². The van der Waals surface area contributed by atoms with Gasteiger partial charge in [-0.2, -0.15) is 0 Å². The van der Waals surface area contributed by atoms with Gasteiger partial charge in [-0.05, 0) is 34.1 Å². The van der Waals surface area contributed by atoms with Gasteiger partial charge in [-0.3, -0.25) is 0 Å². The second-order valence-corrected chi connectivity index (χ2v) is 4.90. The van der Waals surface area contributed by atoms with Crippen LogP contribution in [0.1, 0.15) is 48.0 Å². The fourth-order valence-corrected chi connectivity index (χ4v) is 1.50. The highest BCUT2D eigenvalue weighted by Crippen LogP contribution is 2.21. The number of allylic oxidation sites excluding steroid dienone is 1. The zero-order valence-corrected chi connectivity index (χ0v) is 14.3. The predicted octanol–water partition coefficient (Wildman–Crippen LogP) is 2.57. The van der Waals surface area contributed by atoms with Crippen molar-refractivity contribution in [1.29, 1.82) is 0 Å². The maximum Gasteiger partial charge on any atom is 0.335 e. The second-order valence-electron chi connectivity index (χ2n) is 4.90. The van der Waals surface area contributed by atoms with Crippen LogP contribution in [0.15, 0.2) is 23.8 Å². The van der Waals surface area contributed by atoms with Crippen molar-refractivity contribution in [3.05, 3.63) is 23.8 Å². The Morgan fingerprint density at radius 2 is 1.86 bits per heavy atom. The number of esters is 1. The predicted molar refractivity (Wildman–Crippen MR) is 83.7 cm³/mol. The van der Waals surface area contributed by atoms with E-state index in [2.05, 4.69) is 11.3 Å². The molecule has 0 rings (SSSR count). The van der Waals surface area contributed by atoms with Crippen LogP contribution in [-0.2, 0) is 14.3 Å². The summed E-state index contributed by atoms with van der Waals surface area (Å²) in [6.45, 7) is 14.1. The Bertz CT molecular complexity index is 352. The smallest absolute Gasteiger partial charge is 0.335 e. The number of hydrogen-bond acceptors (Lipinski definition) is 5. The zero-order chi connectivity index (χ0) is 17.2. The number of rotatable bonds is 7. The van der Waals surface area contributed by atoms with E-state index in [1.807, 2.05) is 33.8 Å². The number of carbonyl (C=O) groups excluding carboxylic acids is 1. The monoisotopic (exact) mass is 302 g/mol. The van der Waals surface area contributed by atoms with Crippen LogP contribution in [0.2, 0.25) is 0 Å². The second kappa shape index (κ2) is 10.5. The number of ether oxygens (including phenoxy) is 2. The van der Waals surface area contributed by atoms with Gasteiger partial charge in [-0.1, -0.05) is 32.1 Å². The Morgan fingerprint density at radius 1 is 1.38 bits per heavy atom. The summed E-state index contributed by atoms with van der Waals surface area (Å²) in [5.74, 6) is -2.12. The summed E-state index contributed by atoms with van der Waals surface area (Å²) in [5, 5.41) is 19.8. The quantitative estimate of drug-likeness (QED) is 0.327. The molecular formula is C16H30O5. The van der Waals surface area contributed by atoms with Crippen molar-refractivity contribution < 1.29 is 24.5 Å². The van der Waals surface area contributed by atoms with Crippen molar-refractivity contribution in [2.24, 2.45) is 0 Å². The van der Waals surface area contributed by atoms with Gasteiger partial charge in [0.15, 0.2) is 5.79 Å². The first kappa shape index (κ1) is 22.1. The van der Waals surface area contributed by atoms with Crippen LogP contribution in [0.25, 0.3) is 0 Å². The van der Waals surface area contributed by atoms with Gasteiger partial charge in [0.05, 0.1) is 18.8 Å². The lowest BCUT2D eigenvalue weighted by Gasteiger charge is -2.30.